The zero-order valence-electron chi connectivity index (χ0n) is 8.88. The number of amidine groups is 1. The van der Waals surface area contributed by atoms with E-state index >= 15 is 0 Å². The lowest BCUT2D eigenvalue weighted by Crippen LogP contribution is -2.30. The number of nitrogens with two attached hydrogens (primary N) is 2. The summed E-state index contributed by atoms with van der Waals surface area (Å²) in [5.74, 6) is 0.646. The third-order valence-corrected chi connectivity index (χ3v) is 1.47. The largest absolute Gasteiger partial charge is 0.388 e. The van der Waals surface area contributed by atoms with Crippen LogP contribution in [-0.2, 0) is 0 Å². The zero-order valence-corrected chi connectivity index (χ0v) is 8.88. The van der Waals surface area contributed by atoms with Gasteiger partial charge in [0.2, 0.25) is 0 Å². The van der Waals surface area contributed by atoms with Gasteiger partial charge in [-0.1, -0.05) is 12.2 Å². The molecule has 0 bridgehead atoms. The molecular weight excluding hydrogens is 162 g/mol. The third kappa shape index (κ3) is 11.2. The molecule has 0 saturated heterocycles. The highest BCUT2D eigenvalue weighted by molar-refractivity contribution is 5.77. The van der Waals surface area contributed by atoms with Crippen LogP contribution in [0.25, 0.3) is 0 Å². The first-order valence-corrected chi connectivity index (χ1v) is 4.62. The van der Waals surface area contributed by atoms with Gasteiger partial charge in [-0.3, -0.25) is 4.99 Å². The van der Waals surface area contributed by atoms with Crippen LogP contribution < -0.4 is 11.5 Å². The molecule has 4 N–H and O–H groups in total. The van der Waals surface area contributed by atoms with Crippen LogP contribution in [0.15, 0.2) is 17.1 Å². The fourth-order valence-electron chi connectivity index (χ4n) is 0.820. The second kappa shape index (κ2) is 5.75. The summed E-state index contributed by atoms with van der Waals surface area (Å²) in [6, 6.07) is 0. The Bertz CT molecular complexity index is 183. The van der Waals surface area contributed by atoms with Crippen molar-refractivity contribution in [3.8, 4) is 0 Å². The summed E-state index contributed by atoms with van der Waals surface area (Å²) >= 11 is 0. The van der Waals surface area contributed by atoms with Crippen LogP contribution in [-0.4, -0.2) is 17.9 Å². The highest BCUT2D eigenvalue weighted by Crippen LogP contribution is 2.04. The topological polar surface area (TPSA) is 64.4 Å². The molecule has 0 aliphatic carbocycles. The highest BCUT2D eigenvalue weighted by atomic mass is 14.8. The first kappa shape index (κ1) is 12.2. The van der Waals surface area contributed by atoms with Crippen LogP contribution >= 0.6 is 0 Å². The molecule has 0 atom stereocenters. The second-order valence-electron chi connectivity index (χ2n) is 3.98. The van der Waals surface area contributed by atoms with Crippen molar-refractivity contribution in [1.82, 2.24) is 0 Å². The maximum atomic E-state index is 5.80. The van der Waals surface area contributed by atoms with E-state index < -0.39 is 0 Å². The Morgan fingerprint density at radius 1 is 1.38 bits per heavy atom. The van der Waals surface area contributed by atoms with Crippen LogP contribution in [0.2, 0.25) is 0 Å². The number of hydrogen-bond donors (Lipinski definition) is 2. The number of nitrogens with zero attached hydrogens (tertiary/aromatic N) is 1. The van der Waals surface area contributed by atoms with Gasteiger partial charge in [-0.25, -0.2) is 0 Å². The molecule has 0 saturated carbocycles. The molecule has 0 heterocycles. The van der Waals surface area contributed by atoms with E-state index in [4.69, 9.17) is 11.5 Å². The van der Waals surface area contributed by atoms with E-state index in [1.54, 1.807) is 6.92 Å². The predicted molar refractivity (Wildman–Crippen MR) is 58.8 cm³/mol. The first-order chi connectivity index (χ1) is 5.92. The van der Waals surface area contributed by atoms with Gasteiger partial charge in [0.25, 0.3) is 0 Å². The SMILES string of the molecule is CC(N)=NCC/C=C\CC(C)(C)N. The maximum Gasteiger partial charge on any atom is 0.0905 e. The van der Waals surface area contributed by atoms with Gasteiger partial charge in [0.1, 0.15) is 0 Å². The van der Waals surface area contributed by atoms with E-state index in [-0.39, 0.29) is 5.54 Å². The van der Waals surface area contributed by atoms with Crippen LogP contribution in [0.1, 0.15) is 33.6 Å². The molecule has 0 aromatic carbocycles. The summed E-state index contributed by atoms with van der Waals surface area (Å²) in [4.78, 5) is 4.07. The van der Waals surface area contributed by atoms with Crippen LogP contribution in [0.5, 0.6) is 0 Å². The van der Waals surface area contributed by atoms with Crippen molar-refractivity contribution >= 4 is 5.84 Å². The average molecular weight is 183 g/mol. The maximum absolute atomic E-state index is 5.80. The van der Waals surface area contributed by atoms with Crippen LogP contribution in [0.3, 0.4) is 0 Å². The number of rotatable bonds is 5. The summed E-state index contributed by atoms with van der Waals surface area (Å²) in [5.41, 5.74) is 11.1. The highest BCUT2D eigenvalue weighted by Gasteiger charge is 2.05. The van der Waals surface area contributed by atoms with Crippen molar-refractivity contribution in [2.24, 2.45) is 16.5 Å². The molecule has 0 radical (unpaired) electrons. The second-order valence-corrected chi connectivity index (χ2v) is 3.98. The van der Waals surface area contributed by atoms with Crippen molar-refractivity contribution in [2.75, 3.05) is 6.54 Å². The molecule has 0 fully saturated rings. The molecule has 0 spiro atoms. The normalized spacial score (nSPS) is 14.0. The molecular formula is C10H21N3. The Morgan fingerprint density at radius 3 is 2.46 bits per heavy atom. The van der Waals surface area contributed by atoms with Gasteiger partial charge in [-0.2, -0.15) is 0 Å². The van der Waals surface area contributed by atoms with E-state index in [1.807, 2.05) is 13.8 Å². The molecule has 0 aromatic heterocycles. The Balaban J connectivity index is 3.49. The lowest BCUT2D eigenvalue weighted by Gasteiger charge is -2.14. The van der Waals surface area contributed by atoms with Crippen molar-refractivity contribution < 1.29 is 0 Å². The summed E-state index contributed by atoms with van der Waals surface area (Å²) in [6.07, 6.45) is 6.03. The van der Waals surface area contributed by atoms with E-state index in [0.717, 1.165) is 19.4 Å². The number of aliphatic imine (C=N–C) groups is 1. The average Bonchev–Trinajstić information content (AvgIpc) is 1.93. The van der Waals surface area contributed by atoms with Gasteiger partial charge in [0.05, 0.1) is 5.84 Å². The van der Waals surface area contributed by atoms with Crippen molar-refractivity contribution in [1.29, 1.82) is 0 Å². The monoisotopic (exact) mass is 183 g/mol. The molecule has 0 aromatic rings. The summed E-state index contributed by atoms with van der Waals surface area (Å²) < 4.78 is 0. The molecule has 0 unspecified atom stereocenters. The molecule has 0 rings (SSSR count). The molecule has 0 aliphatic rings. The zero-order chi connectivity index (χ0) is 10.3. The van der Waals surface area contributed by atoms with Crippen molar-refractivity contribution in [3.63, 3.8) is 0 Å². The third-order valence-electron chi connectivity index (χ3n) is 1.47. The quantitative estimate of drug-likeness (QED) is 0.293. The molecule has 3 heteroatoms. The smallest absolute Gasteiger partial charge is 0.0905 e. The van der Waals surface area contributed by atoms with E-state index in [2.05, 4.69) is 17.1 Å². The van der Waals surface area contributed by atoms with Crippen molar-refractivity contribution in [2.45, 2.75) is 39.2 Å². The fourth-order valence-corrected chi connectivity index (χ4v) is 0.820. The van der Waals surface area contributed by atoms with Gasteiger partial charge < -0.3 is 11.5 Å². The lowest BCUT2D eigenvalue weighted by atomic mass is 10.0. The standard InChI is InChI=1S/C10H21N3/c1-9(11)13-8-6-4-5-7-10(2,3)12/h4-5H,6-8,12H2,1-3H3,(H2,11,13)/b5-4-. The Kier molecular flexibility index (Phi) is 5.39. The molecule has 13 heavy (non-hydrogen) atoms. The van der Waals surface area contributed by atoms with Crippen LogP contribution in [0.4, 0.5) is 0 Å². The Labute approximate surface area is 80.9 Å². The predicted octanol–water partition coefficient (Wildman–Crippen LogP) is 1.44. The Morgan fingerprint density at radius 2 is 2.00 bits per heavy atom. The minimum atomic E-state index is -0.108. The van der Waals surface area contributed by atoms with Gasteiger partial charge in [0, 0.05) is 12.1 Å². The first-order valence-electron chi connectivity index (χ1n) is 4.62. The van der Waals surface area contributed by atoms with E-state index in [1.165, 1.54) is 0 Å². The molecule has 3 nitrogen and oxygen atoms in total. The summed E-state index contributed by atoms with van der Waals surface area (Å²) in [5, 5.41) is 0. The minimum absolute atomic E-state index is 0.108. The van der Waals surface area contributed by atoms with Gasteiger partial charge in [-0.15, -0.1) is 0 Å². The van der Waals surface area contributed by atoms with Gasteiger partial charge >= 0.3 is 0 Å². The fraction of sp³-hybridized carbons (Fsp3) is 0.700. The van der Waals surface area contributed by atoms with E-state index in [9.17, 15) is 0 Å². The van der Waals surface area contributed by atoms with E-state index in [0.29, 0.717) is 5.84 Å². The summed E-state index contributed by atoms with van der Waals surface area (Å²) in [6.45, 7) is 6.59. The van der Waals surface area contributed by atoms with Crippen molar-refractivity contribution in [3.05, 3.63) is 12.2 Å². The van der Waals surface area contributed by atoms with Crippen LogP contribution in [0, 0.1) is 0 Å². The number of hydrogen-bond acceptors (Lipinski definition) is 2. The summed E-state index contributed by atoms with van der Waals surface area (Å²) in [7, 11) is 0. The van der Waals surface area contributed by atoms with Gasteiger partial charge in [0.15, 0.2) is 0 Å². The Hall–Kier alpha value is -0.830. The molecule has 0 aliphatic heterocycles. The minimum Gasteiger partial charge on any atom is -0.388 e. The molecule has 0 amide bonds. The molecule has 76 valence electrons. The van der Waals surface area contributed by atoms with Gasteiger partial charge in [-0.05, 0) is 33.6 Å². The lowest BCUT2D eigenvalue weighted by molar-refractivity contribution is 0.527.